The van der Waals surface area contributed by atoms with Crippen molar-refractivity contribution in [3.8, 4) is 0 Å². The van der Waals surface area contributed by atoms with E-state index in [9.17, 15) is 45.5 Å². The van der Waals surface area contributed by atoms with Gasteiger partial charge in [-0.15, -0.1) is 0 Å². The molecule has 0 bridgehead atoms. The molecule has 0 aliphatic carbocycles. The van der Waals surface area contributed by atoms with Gasteiger partial charge in [-0.2, -0.15) is 26.3 Å². The summed E-state index contributed by atoms with van der Waals surface area (Å²) in [5, 5.41) is 0. The molecule has 0 N–H and O–H groups in total. The number of unbranched alkanes of at least 4 members (excludes halogenated alkanes) is 5. The van der Waals surface area contributed by atoms with Gasteiger partial charge in [-0.1, -0.05) is 25.7 Å². The van der Waals surface area contributed by atoms with Crippen LogP contribution in [0.2, 0.25) is 0 Å². The minimum absolute atomic E-state index is 0.0885. The molecule has 0 aliphatic heterocycles. The van der Waals surface area contributed by atoms with Gasteiger partial charge in [0.2, 0.25) is 12.6 Å². The number of carbonyl (C=O) groups excluding carboxylic acids is 4. The number of esters is 4. The summed E-state index contributed by atoms with van der Waals surface area (Å²) >= 11 is 0. The van der Waals surface area contributed by atoms with Gasteiger partial charge in [0, 0.05) is 26.7 Å². The van der Waals surface area contributed by atoms with Crippen molar-refractivity contribution in [2.24, 2.45) is 0 Å². The van der Waals surface area contributed by atoms with Gasteiger partial charge in [0.15, 0.2) is 0 Å². The van der Waals surface area contributed by atoms with Crippen LogP contribution in [-0.4, -0.2) is 48.8 Å². The molecule has 0 aliphatic rings. The lowest BCUT2D eigenvalue weighted by Gasteiger charge is -2.15. The fourth-order valence-electron chi connectivity index (χ4n) is 2.22. The van der Waals surface area contributed by atoms with Crippen LogP contribution in [-0.2, 0) is 38.1 Å². The van der Waals surface area contributed by atoms with Gasteiger partial charge in [0.1, 0.15) is 0 Å². The first-order valence-electron chi connectivity index (χ1n) is 9.57. The smallest absolute Gasteiger partial charge is 0.425 e. The summed E-state index contributed by atoms with van der Waals surface area (Å²) in [6, 6.07) is 0. The van der Waals surface area contributed by atoms with Crippen molar-refractivity contribution >= 4 is 23.9 Å². The third-order valence-electron chi connectivity index (χ3n) is 3.62. The number of rotatable bonds is 13. The monoisotopic (exact) mass is 482 g/mol. The molecule has 0 rings (SSSR count). The second-order valence-electron chi connectivity index (χ2n) is 6.54. The lowest BCUT2D eigenvalue weighted by molar-refractivity contribution is -0.223. The van der Waals surface area contributed by atoms with Crippen molar-refractivity contribution in [3.05, 3.63) is 0 Å². The third-order valence-corrected chi connectivity index (χ3v) is 3.62. The minimum atomic E-state index is -5.18. The molecule has 2 atom stereocenters. The molecule has 0 aromatic heterocycles. The quantitative estimate of drug-likeness (QED) is 0.167. The van der Waals surface area contributed by atoms with Gasteiger partial charge in [-0.25, -0.2) is 9.59 Å². The maximum Gasteiger partial charge on any atom is 0.491 e. The molecule has 0 heterocycles. The van der Waals surface area contributed by atoms with Crippen LogP contribution < -0.4 is 0 Å². The van der Waals surface area contributed by atoms with Crippen molar-refractivity contribution in [3.63, 3.8) is 0 Å². The number of hydrogen-bond acceptors (Lipinski definition) is 8. The molecule has 2 unspecified atom stereocenters. The van der Waals surface area contributed by atoms with Crippen molar-refractivity contribution < 1.29 is 64.5 Å². The zero-order valence-corrected chi connectivity index (χ0v) is 17.3. The molecule has 0 spiro atoms. The molecule has 0 saturated carbocycles. The maximum absolute atomic E-state index is 12.0. The van der Waals surface area contributed by atoms with E-state index in [-0.39, 0.29) is 12.8 Å². The fourth-order valence-corrected chi connectivity index (χ4v) is 2.22. The van der Waals surface area contributed by atoms with Crippen molar-refractivity contribution in [1.29, 1.82) is 0 Å². The standard InChI is InChI=1S/C18H24F6O8/c1-11(31-15(27)17(19,20)21)29-13(25)9-7-5-3-4-6-8-10-14(26)30-12(2)32-16(28)18(22,23)24/h11-12H,3-10H2,1-2H3. The Morgan fingerprint density at radius 2 is 0.844 bits per heavy atom. The van der Waals surface area contributed by atoms with E-state index in [4.69, 9.17) is 0 Å². The molecule has 32 heavy (non-hydrogen) atoms. The molecule has 0 aromatic carbocycles. The molecule has 8 nitrogen and oxygen atoms in total. The van der Waals surface area contributed by atoms with E-state index in [2.05, 4.69) is 18.9 Å². The Kier molecular flexibility index (Phi) is 12.7. The highest BCUT2D eigenvalue weighted by Gasteiger charge is 2.43. The highest BCUT2D eigenvalue weighted by Crippen LogP contribution is 2.19. The zero-order valence-electron chi connectivity index (χ0n) is 17.3. The van der Waals surface area contributed by atoms with Crippen LogP contribution >= 0.6 is 0 Å². The van der Waals surface area contributed by atoms with Crippen LogP contribution in [0.5, 0.6) is 0 Å². The molecule has 0 saturated heterocycles. The predicted molar refractivity (Wildman–Crippen MR) is 92.3 cm³/mol. The predicted octanol–water partition coefficient (Wildman–Crippen LogP) is 4.10. The first-order valence-corrected chi connectivity index (χ1v) is 9.57. The minimum Gasteiger partial charge on any atom is -0.425 e. The Hall–Kier alpha value is -2.54. The summed E-state index contributed by atoms with van der Waals surface area (Å²) in [6.07, 6.45) is -10.6. The Bertz CT molecular complexity index is 578. The largest absolute Gasteiger partial charge is 0.491 e. The van der Waals surface area contributed by atoms with Gasteiger partial charge >= 0.3 is 36.2 Å². The number of alkyl halides is 6. The van der Waals surface area contributed by atoms with Gasteiger partial charge in [-0.3, -0.25) is 9.59 Å². The maximum atomic E-state index is 12.0. The Balaban J connectivity index is 3.77. The molecule has 186 valence electrons. The SMILES string of the molecule is CC(OC(=O)CCCCCCCCC(=O)OC(C)OC(=O)C(F)(F)F)OC(=O)C(F)(F)F. The van der Waals surface area contributed by atoms with Crippen LogP contribution in [0.15, 0.2) is 0 Å². The van der Waals surface area contributed by atoms with Crippen LogP contribution in [0, 0.1) is 0 Å². The number of carbonyl (C=O) groups is 4. The molecule has 0 radical (unpaired) electrons. The second-order valence-corrected chi connectivity index (χ2v) is 6.54. The zero-order chi connectivity index (χ0) is 24.9. The van der Waals surface area contributed by atoms with Gasteiger partial charge in [0.05, 0.1) is 0 Å². The third kappa shape index (κ3) is 14.5. The van der Waals surface area contributed by atoms with E-state index in [1.165, 1.54) is 0 Å². The van der Waals surface area contributed by atoms with E-state index in [0.29, 0.717) is 38.5 Å². The fraction of sp³-hybridized carbons (Fsp3) is 0.778. The number of hydrogen-bond donors (Lipinski definition) is 0. The highest BCUT2D eigenvalue weighted by molar-refractivity contribution is 5.76. The molecule has 0 aromatic rings. The van der Waals surface area contributed by atoms with E-state index >= 15 is 0 Å². The summed E-state index contributed by atoms with van der Waals surface area (Å²) < 4.78 is 89.0. The first-order chi connectivity index (χ1) is 14.6. The van der Waals surface area contributed by atoms with Crippen LogP contribution in [0.4, 0.5) is 26.3 Å². The Morgan fingerprint density at radius 3 is 1.12 bits per heavy atom. The van der Waals surface area contributed by atoms with Crippen LogP contribution in [0.25, 0.3) is 0 Å². The summed E-state index contributed by atoms with van der Waals surface area (Å²) in [6.45, 7) is 1.96. The molecular weight excluding hydrogens is 458 g/mol. The van der Waals surface area contributed by atoms with Crippen molar-refractivity contribution in [2.75, 3.05) is 0 Å². The average Bonchev–Trinajstić information content (AvgIpc) is 2.61. The Morgan fingerprint density at radius 1 is 0.562 bits per heavy atom. The van der Waals surface area contributed by atoms with Crippen molar-refractivity contribution in [2.45, 2.75) is 90.1 Å². The van der Waals surface area contributed by atoms with Gasteiger partial charge in [0.25, 0.3) is 0 Å². The van der Waals surface area contributed by atoms with Gasteiger partial charge in [-0.05, 0) is 12.8 Å². The topological polar surface area (TPSA) is 105 Å². The molecular formula is C18H24F6O8. The van der Waals surface area contributed by atoms with Gasteiger partial charge < -0.3 is 18.9 Å². The summed E-state index contributed by atoms with van der Waals surface area (Å²) in [4.78, 5) is 44.1. The van der Waals surface area contributed by atoms with E-state index in [1.54, 1.807) is 0 Å². The van der Waals surface area contributed by atoms with E-state index in [0.717, 1.165) is 13.8 Å². The van der Waals surface area contributed by atoms with E-state index < -0.39 is 48.8 Å². The molecule has 14 heteroatoms. The Labute approximate surface area is 179 Å². The molecule has 0 amide bonds. The first kappa shape index (κ1) is 29.5. The lowest BCUT2D eigenvalue weighted by Crippen LogP contribution is -2.31. The normalized spacial score (nSPS) is 13.6. The summed E-state index contributed by atoms with van der Waals surface area (Å²) in [5.74, 6) is -6.57. The summed E-state index contributed by atoms with van der Waals surface area (Å²) in [7, 11) is 0. The van der Waals surface area contributed by atoms with Crippen molar-refractivity contribution in [1.82, 2.24) is 0 Å². The lowest BCUT2D eigenvalue weighted by atomic mass is 10.1. The number of ether oxygens (including phenoxy) is 4. The highest BCUT2D eigenvalue weighted by atomic mass is 19.4. The van der Waals surface area contributed by atoms with Crippen LogP contribution in [0.1, 0.15) is 65.2 Å². The second kappa shape index (κ2) is 13.8. The average molecular weight is 482 g/mol. The van der Waals surface area contributed by atoms with Crippen LogP contribution in [0.3, 0.4) is 0 Å². The van der Waals surface area contributed by atoms with E-state index in [1.807, 2.05) is 0 Å². The number of halogens is 6. The molecule has 0 fully saturated rings. The summed E-state index contributed by atoms with van der Waals surface area (Å²) in [5.41, 5.74) is 0.